The van der Waals surface area contributed by atoms with E-state index in [1.165, 1.54) is 0 Å². The van der Waals surface area contributed by atoms with Crippen LogP contribution in [0.4, 0.5) is 0 Å². The number of imidazole rings is 1. The smallest absolute Gasteiger partial charge is 0.323 e. The second-order valence-corrected chi connectivity index (χ2v) is 4.72. The minimum absolute atomic E-state index is 0.0472. The lowest BCUT2D eigenvalue weighted by Gasteiger charge is -2.06. The average Bonchev–Trinajstić information content (AvgIpc) is 2.58. The fourth-order valence-corrected chi connectivity index (χ4v) is 2.48. The van der Waals surface area contributed by atoms with Crippen molar-refractivity contribution in [2.45, 2.75) is 26.3 Å². The minimum atomic E-state index is -0.850. The highest BCUT2D eigenvalue weighted by Crippen LogP contribution is 2.25. The first-order valence-corrected chi connectivity index (χ1v) is 6.28. The lowest BCUT2D eigenvalue weighted by Crippen LogP contribution is -2.12. The maximum absolute atomic E-state index is 10.9. The predicted molar refractivity (Wildman–Crippen MR) is 69.1 cm³/mol. The van der Waals surface area contributed by atoms with Gasteiger partial charge in [-0.15, -0.1) is 0 Å². The van der Waals surface area contributed by atoms with Gasteiger partial charge in [0.15, 0.2) is 0 Å². The van der Waals surface area contributed by atoms with E-state index in [-0.39, 0.29) is 6.54 Å². The molecule has 0 unspecified atom stereocenters. The van der Waals surface area contributed by atoms with Crippen molar-refractivity contribution in [2.24, 2.45) is 0 Å². The molecule has 0 saturated heterocycles. The van der Waals surface area contributed by atoms with Gasteiger partial charge in [0, 0.05) is 10.9 Å². The molecule has 1 heterocycles. The summed E-state index contributed by atoms with van der Waals surface area (Å²) in [6.45, 7) is 2.01. The lowest BCUT2D eigenvalue weighted by atomic mass is 10.3. The molecule has 2 rings (SSSR count). The van der Waals surface area contributed by atoms with E-state index >= 15 is 0 Å². The van der Waals surface area contributed by atoms with Crippen LogP contribution >= 0.6 is 15.9 Å². The molecule has 0 bridgehead atoms. The third-order valence-corrected chi connectivity index (χ3v) is 3.20. The largest absolute Gasteiger partial charge is 0.480 e. The van der Waals surface area contributed by atoms with Gasteiger partial charge in [-0.05, 0) is 34.5 Å². The Kier molecular flexibility index (Phi) is 3.47. The summed E-state index contributed by atoms with van der Waals surface area (Å²) in [7, 11) is 0. The normalized spacial score (nSPS) is 10.9. The van der Waals surface area contributed by atoms with Crippen LogP contribution < -0.4 is 0 Å². The van der Waals surface area contributed by atoms with Crippen molar-refractivity contribution in [1.82, 2.24) is 9.55 Å². The van der Waals surface area contributed by atoms with Crippen LogP contribution in [0.2, 0.25) is 0 Å². The summed E-state index contributed by atoms with van der Waals surface area (Å²) in [6, 6.07) is 5.70. The summed E-state index contributed by atoms with van der Waals surface area (Å²) in [6.07, 6.45) is 1.73. The van der Waals surface area contributed by atoms with Gasteiger partial charge >= 0.3 is 5.97 Å². The zero-order valence-corrected chi connectivity index (χ0v) is 11.1. The summed E-state index contributed by atoms with van der Waals surface area (Å²) < 4.78 is 2.65. The summed E-state index contributed by atoms with van der Waals surface area (Å²) in [5, 5.41) is 8.96. The van der Waals surface area contributed by atoms with Gasteiger partial charge < -0.3 is 9.67 Å². The number of carboxylic acids is 1. The molecule has 0 radical (unpaired) electrons. The maximum Gasteiger partial charge on any atom is 0.323 e. The second kappa shape index (κ2) is 4.87. The van der Waals surface area contributed by atoms with Crippen molar-refractivity contribution in [2.75, 3.05) is 0 Å². The third kappa shape index (κ3) is 2.34. The zero-order valence-electron chi connectivity index (χ0n) is 9.48. The van der Waals surface area contributed by atoms with Crippen molar-refractivity contribution in [3.05, 3.63) is 28.5 Å². The molecule has 1 aromatic carbocycles. The van der Waals surface area contributed by atoms with E-state index in [0.717, 1.165) is 34.2 Å². The van der Waals surface area contributed by atoms with Crippen LogP contribution in [0.3, 0.4) is 0 Å². The number of hydrogen-bond donors (Lipinski definition) is 1. The Morgan fingerprint density at radius 1 is 1.53 bits per heavy atom. The Morgan fingerprint density at radius 3 is 2.94 bits per heavy atom. The summed E-state index contributed by atoms with van der Waals surface area (Å²) in [5.74, 6) is -0.0193. The maximum atomic E-state index is 10.9. The van der Waals surface area contributed by atoms with Crippen molar-refractivity contribution in [3.63, 3.8) is 0 Å². The number of rotatable bonds is 4. The number of halogens is 1. The number of hydrogen-bond acceptors (Lipinski definition) is 2. The van der Waals surface area contributed by atoms with Gasteiger partial charge in [-0.1, -0.05) is 13.0 Å². The third-order valence-electron chi connectivity index (χ3n) is 2.56. The number of carboxylic acid groups (broad SMARTS) is 1. The first-order chi connectivity index (χ1) is 8.13. The monoisotopic (exact) mass is 296 g/mol. The van der Waals surface area contributed by atoms with Crippen LogP contribution in [0.15, 0.2) is 22.7 Å². The van der Waals surface area contributed by atoms with E-state index in [4.69, 9.17) is 5.11 Å². The van der Waals surface area contributed by atoms with Gasteiger partial charge in [-0.2, -0.15) is 0 Å². The average molecular weight is 297 g/mol. The Morgan fingerprint density at radius 2 is 2.29 bits per heavy atom. The quantitative estimate of drug-likeness (QED) is 0.944. The summed E-state index contributed by atoms with van der Waals surface area (Å²) in [4.78, 5) is 15.4. The van der Waals surface area contributed by atoms with Gasteiger partial charge in [-0.25, -0.2) is 4.98 Å². The van der Waals surface area contributed by atoms with Crippen LogP contribution in [0.1, 0.15) is 19.2 Å². The molecule has 1 N–H and O–H groups in total. The lowest BCUT2D eigenvalue weighted by molar-refractivity contribution is -0.137. The molecule has 17 heavy (non-hydrogen) atoms. The van der Waals surface area contributed by atoms with Crippen LogP contribution in [-0.2, 0) is 17.8 Å². The van der Waals surface area contributed by atoms with Crippen molar-refractivity contribution in [1.29, 1.82) is 0 Å². The molecule has 0 amide bonds. The van der Waals surface area contributed by atoms with Gasteiger partial charge in [-0.3, -0.25) is 4.79 Å². The van der Waals surface area contributed by atoms with Crippen LogP contribution in [0.25, 0.3) is 11.0 Å². The highest BCUT2D eigenvalue weighted by molar-refractivity contribution is 9.10. The fraction of sp³-hybridized carbons (Fsp3) is 0.333. The molecule has 0 atom stereocenters. The Bertz CT molecular complexity index is 563. The zero-order chi connectivity index (χ0) is 12.4. The predicted octanol–water partition coefficient (Wildman–Crippen LogP) is 2.84. The Labute approximate surface area is 107 Å². The molecule has 0 fully saturated rings. The van der Waals surface area contributed by atoms with E-state index in [2.05, 4.69) is 27.8 Å². The molecular formula is C12H13BrN2O2. The number of aliphatic carboxylic acids is 1. The summed E-state index contributed by atoms with van der Waals surface area (Å²) in [5.41, 5.74) is 1.70. The van der Waals surface area contributed by atoms with E-state index in [9.17, 15) is 4.79 Å². The first-order valence-electron chi connectivity index (χ1n) is 5.49. The fourth-order valence-electron chi connectivity index (χ4n) is 1.91. The molecule has 4 nitrogen and oxygen atoms in total. The molecule has 5 heteroatoms. The first kappa shape index (κ1) is 12.1. The Balaban J connectivity index is 2.64. The topological polar surface area (TPSA) is 55.1 Å². The molecule has 0 aliphatic heterocycles. The standard InChI is InChI=1S/C12H13BrN2O2/c1-2-4-10-14-9-6-3-5-8(13)12(9)15(10)7-11(16)17/h3,5-6H,2,4,7H2,1H3,(H,16,17). The number of aryl methyl sites for hydroxylation is 1. The molecule has 0 aliphatic carbocycles. The van der Waals surface area contributed by atoms with Gasteiger partial charge in [0.2, 0.25) is 0 Å². The molecule has 2 aromatic rings. The number of carbonyl (C=O) groups is 1. The SMILES string of the molecule is CCCc1nc2cccc(Br)c2n1CC(=O)O. The van der Waals surface area contributed by atoms with Crippen molar-refractivity contribution < 1.29 is 9.90 Å². The second-order valence-electron chi connectivity index (χ2n) is 3.87. The van der Waals surface area contributed by atoms with E-state index < -0.39 is 5.97 Å². The number of benzene rings is 1. The highest BCUT2D eigenvalue weighted by Gasteiger charge is 2.14. The highest BCUT2D eigenvalue weighted by atomic mass is 79.9. The van der Waals surface area contributed by atoms with Crippen LogP contribution in [-0.4, -0.2) is 20.6 Å². The van der Waals surface area contributed by atoms with Crippen molar-refractivity contribution >= 4 is 32.9 Å². The van der Waals surface area contributed by atoms with Crippen LogP contribution in [0.5, 0.6) is 0 Å². The minimum Gasteiger partial charge on any atom is -0.480 e. The molecule has 0 aliphatic rings. The molecule has 0 spiro atoms. The van der Waals surface area contributed by atoms with E-state index in [1.807, 2.05) is 18.2 Å². The van der Waals surface area contributed by atoms with Crippen molar-refractivity contribution in [3.8, 4) is 0 Å². The summed E-state index contributed by atoms with van der Waals surface area (Å²) >= 11 is 3.45. The number of para-hydroxylation sites is 1. The number of fused-ring (bicyclic) bond motifs is 1. The van der Waals surface area contributed by atoms with E-state index in [1.54, 1.807) is 4.57 Å². The van der Waals surface area contributed by atoms with Crippen LogP contribution in [0, 0.1) is 0 Å². The number of aromatic nitrogens is 2. The molecule has 90 valence electrons. The van der Waals surface area contributed by atoms with E-state index in [0.29, 0.717) is 0 Å². The van der Waals surface area contributed by atoms with Gasteiger partial charge in [0.1, 0.15) is 12.4 Å². The molecule has 1 aromatic heterocycles. The van der Waals surface area contributed by atoms with Gasteiger partial charge in [0.05, 0.1) is 11.0 Å². The number of nitrogens with zero attached hydrogens (tertiary/aromatic N) is 2. The molecule has 0 saturated carbocycles. The molecular weight excluding hydrogens is 284 g/mol. The Hall–Kier alpha value is -1.36. The van der Waals surface area contributed by atoms with Gasteiger partial charge in [0.25, 0.3) is 0 Å².